The van der Waals surface area contributed by atoms with Crippen LogP contribution in [0.5, 0.6) is 0 Å². The molecule has 1 aromatic rings. The Labute approximate surface area is 103 Å². The molecular formula is C11H15N3O4. The van der Waals surface area contributed by atoms with Crippen LogP contribution in [0.25, 0.3) is 0 Å². The van der Waals surface area contributed by atoms with Gasteiger partial charge in [0.15, 0.2) is 5.79 Å². The molecule has 2 rings (SSSR count). The first-order chi connectivity index (χ1) is 8.46. The molecule has 98 valence electrons. The van der Waals surface area contributed by atoms with E-state index in [2.05, 4.69) is 15.5 Å². The molecule has 1 aromatic heterocycles. The number of nitrogens with one attached hydrogen (secondary N) is 2. The molecule has 1 saturated heterocycles. The van der Waals surface area contributed by atoms with Crippen molar-refractivity contribution in [2.75, 3.05) is 13.2 Å². The van der Waals surface area contributed by atoms with Gasteiger partial charge < -0.3 is 14.8 Å². The number of aromatic nitrogens is 2. The monoisotopic (exact) mass is 253 g/mol. The van der Waals surface area contributed by atoms with Crippen LogP contribution < -0.4 is 10.9 Å². The number of ether oxygens (including phenoxy) is 2. The van der Waals surface area contributed by atoms with Crippen LogP contribution in [0.15, 0.2) is 16.9 Å². The van der Waals surface area contributed by atoms with Crippen LogP contribution in [-0.2, 0) is 9.47 Å². The van der Waals surface area contributed by atoms with Crippen molar-refractivity contribution >= 4 is 5.91 Å². The third-order valence-corrected chi connectivity index (χ3v) is 2.47. The minimum atomic E-state index is -0.606. The van der Waals surface area contributed by atoms with Gasteiger partial charge in [0.05, 0.1) is 6.61 Å². The van der Waals surface area contributed by atoms with E-state index in [9.17, 15) is 9.59 Å². The Balaban J connectivity index is 1.86. The third kappa shape index (κ3) is 3.14. The van der Waals surface area contributed by atoms with Gasteiger partial charge in [-0.25, -0.2) is 5.10 Å². The smallest absolute Gasteiger partial charge is 0.271 e. The zero-order valence-corrected chi connectivity index (χ0v) is 10.2. The van der Waals surface area contributed by atoms with Gasteiger partial charge in [-0.05, 0) is 19.9 Å². The van der Waals surface area contributed by atoms with Crippen LogP contribution in [-0.4, -0.2) is 41.1 Å². The largest absolute Gasteiger partial charge is 0.348 e. The van der Waals surface area contributed by atoms with E-state index >= 15 is 0 Å². The van der Waals surface area contributed by atoms with Crippen LogP contribution >= 0.6 is 0 Å². The van der Waals surface area contributed by atoms with Gasteiger partial charge in [0.1, 0.15) is 11.8 Å². The van der Waals surface area contributed by atoms with Crippen LogP contribution in [0.1, 0.15) is 24.3 Å². The molecule has 0 spiro atoms. The predicted octanol–water partition coefficient (Wildman–Crippen LogP) is -0.349. The summed E-state index contributed by atoms with van der Waals surface area (Å²) in [5, 5.41) is 8.50. The summed E-state index contributed by atoms with van der Waals surface area (Å²) in [6.07, 6.45) is -0.174. The summed E-state index contributed by atoms with van der Waals surface area (Å²) in [6, 6.07) is 2.62. The van der Waals surface area contributed by atoms with Crippen LogP contribution in [0.3, 0.4) is 0 Å². The molecule has 1 aliphatic rings. The summed E-state index contributed by atoms with van der Waals surface area (Å²) in [4.78, 5) is 22.5. The predicted molar refractivity (Wildman–Crippen MR) is 62.1 cm³/mol. The number of hydrogen-bond acceptors (Lipinski definition) is 5. The van der Waals surface area contributed by atoms with E-state index in [1.54, 1.807) is 0 Å². The van der Waals surface area contributed by atoms with E-state index in [-0.39, 0.29) is 23.3 Å². The second-order valence-corrected chi connectivity index (χ2v) is 4.47. The molecule has 2 heterocycles. The maximum Gasteiger partial charge on any atom is 0.271 e. The molecule has 1 fully saturated rings. The SMILES string of the molecule is CC1(C)OCC(CNC(=O)c2ccc(=O)[nH]n2)O1. The summed E-state index contributed by atoms with van der Waals surface area (Å²) >= 11 is 0. The van der Waals surface area contributed by atoms with E-state index in [1.807, 2.05) is 13.8 Å². The Morgan fingerprint density at radius 2 is 2.39 bits per heavy atom. The summed E-state index contributed by atoms with van der Waals surface area (Å²) in [7, 11) is 0. The van der Waals surface area contributed by atoms with Gasteiger partial charge in [0.25, 0.3) is 11.5 Å². The molecule has 0 aromatic carbocycles. The van der Waals surface area contributed by atoms with Gasteiger partial charge in [0, 0.05) is 12.6 Å². The maximum atomic E-state index is 11.7. The molecule has 1 aliphatic heterocycles. The number of aromatic amines is 1. The molecule has 18 heavy (non-hydrogen) atoms. The first-order valence-electron chi connectivity index (χ1n) is 5.62. The number of hydrogen-bond donors (Lipinski definition) is 2. The van der Waals surface area contributed by atoms with Crippen LogP contribution in [0.2, 0.25) is 0 Å². The molecule has 0 saturated carbocycles. The lowest BCUT2D eigenvalue weighted by Crippen LogP contribution is -2.35. The fraction of sp³-hybridized carbons (Fsp3) is 0.545. The fourth-order valence-electron chi connectivity index (χ4n) is 1.63. The Morgan fingerprint density at radius 1 is 1.61 bits per heavy atom. The zero-order chi connectivity index (χ0) is 13.2. The molecule has 0 aliphatic carbocycles. The first kappa shape index (κ1) is 12.7. The standard InChI is InChI=1S/C11H15N3O4/c1-11(2)17-6-7(18-11)5-12-10(16)8-3-4-9(15)14-13-8/h3-4,7H,5-6H2,1-2H3,(H,12,16)(H,14,15). The second kappa shape index (κ2) is 4.87. The Bertz CT molecular complexity index is 477. The number of nitrogens with zero attached hydrogens (tertiary/aromatic N) is 1. The fourth-order valence-corrected chi connectivity index (χ4v) is 1.63. The second-order valence-electron chi connectivity index (χ2n) is 4.47. The van der Waals surface area contributed by atoms with Gasteiger partial charge >= 0.3 is 0 Å². The quantitative estimate of drug-likeness (QED) is 0.768. The highest BCUT2D eigenvalue weighted by molar-refractivity contribution is 5.91. The van der Waals surface area contributed by atoms with Crippen molar-refractivity contribution in [1.82, 2.24) is 15.5 Å². The van der Waals surface area contributed by atoms with E-state index < -0.39 is 5.79 Å². The summed E-state index contributed by atoms with van der Waals surface area (Å²) in [5.74, 6) is -0.967. The molecule has 7 nitrogen and oxygen atoms in total. The normalized spacial score (nSPS) is 21.8. The van der Waals surface area contributed by atoms with Crippen LogP contribution in [0, 0.1) is 0 Å². The number of H-pyrrole nitrogens is 1. The van der Waals surface area contributed by atoms with Crippen molar-refractivity contribution < 1.29 is 14.3 Å². The van der Waals surface area contributed by atoms with E-state index in [0.717, 1.165) is 0 Å². The van der Waals surface area contributed by atoms with Gasteiger partial charge in [0.2, 0.25) is 0 Å². The lowest BCUT2D eigenvalue weighted by atomic mass is 10.3. The molecule has 1 amide bonds. The van der Waals surface area contributed by atoms with Crippen molar-refractivity contribution in [2.45, 2.75) is 25.7 Å². The zero-order valence-electron chi connectivity index (χ0n) is 10.2. The summed E-state index contributed by atoms with van der Waals surface area (Å²) < 4.78 is 10.9. The minimum absolute atomic E-state index is 0.160. The molecule has 1 atom stereocenters. The van der Waals surface area contributed by atoms with Crippen LogP contribution in [0.4, 0.5) is 0 Å². The Kier molecular flexibility index (Phi) is 3.44. The average molecular weight is 253 g/mol. The number of carbonyl (C=O) groups is 1. The highest BCUT2D eigenvalue weighted by Gasteiger charge is 2.32. The lowest BCUT2D eigenvalue weighted by Gasteiger charge is -2.17. The molecule has 2 N–H and O–H groups in total. The third-order valence-electron chi connectivity index (χ3n) is 2.47. The van der Waals surface area contributed by atoms with Crippen molar-refractivity contribution in [3.63, 3.8) is 0 Å². The van der Waals surface area contributed by atoms with Crippen molar-refractivity contribution in [3.8, 4) is 0 Å². The number of carbonyl (C=O) groups excluding carboxylic acids is 1. The first-order valence-corrected chi connectivity index (χ1v) is 5.62. The average Bonchev–Trinajstić information content (AvgIpc) is 2.67. The maximum absolute atomic E-state index is 11.7. The minimum Gasteiger partial charge on any atom is -0.348 e. The summed E-state index contributed by atoms with van der Waals surface area (Å²) in [5.41, 5.74) is -0.186. The molecule has 0 radical (unpaired) electrons. The molecule has 7 heteroatoms. The molecular weight excluding hydrogens is 238 g/mol. The topological polar surface area (TPSA) is 93.3 Å². The molecule has 0 bridgehead atoms. The number of rotatable bonds is 3. The highest BCUT2D eigenvalue weighted by atomic mass is 16.7. The Morgan fingerprint density at radius 3 is 2.94 bits per heavy atom. The highest BCUT2D eigenvalue weighted by Crippen LogP contribution is 2.21. The van der Waals surface area contributed by atoms with E-state index in [0.29, 0.717) is 13.2 Å². The molecule has 1 unspecified atom stereocenters. The number of amides is 1. The van der Waals surface area contributed by atoms with Gasteiger partial charge in [-0.15, -0.1) is 0 Å². The van der Waals surface area contributed by atoms with Gasteiger partial charge in [-0.1, -0.05) is 0 Å². The van der Waals surface area contributed by atoms with Gasteiger partial charge in [-0.3, -0.25) is 9.59 Å². The van der Waals surface area contributed by atoms with Crippen molar-refractivity contribution in [1.29, 1.82) is 0 Å². The lowest BCUT2D eigenvalue weighted by molar-refractivity contribution is -0.137. The van der Waals surface area contributed by atoms with E-state index in [4.69, 9.17) is 9.47 Å². The van der Waals surface area contributed by atoms with Gasteiger partial charge in [-0.2, -0.15) is 5.10 Å². The van der Waals surface area contributed by atoms with E-state index in [1.165, 1.54) is 12.1 Å². The van der Waals surface area contributed by atoms with Crippen molar-refractivity contribution in [2.24, 2.45) is 0 Å². The Hall–Kier alpha value is -1.73. The summed E-state index contributed by atoms with van der Waals surface area (Å²) in [6.45, 7) is 4.41. The van der Waals surface area contributed by atoms with Crippen molar-refractivity contribution in [3.05, 3.63) is 28.2 Å².